The maximum Gasteiger partial charge on any atom is 0.164 e. The molecular formula is C43H25N3OS. The van der Waals surface area contributed by atoms with Crippen LogP contribution in [0.2, 0.25) is 0 Å². The molecule has 10 rings (SSSR count). The Morgan fingerprint density at radius 1 is 0.417 bits per heavy atom. The molecule has 48 heavy (non-hydrogen) atoms. The molecule has 0 saturated heterocycles. The van der Waals surface area contributed by atoms with Crippen molar-refractivity contribution in [2.24, 2.45) is 0 Å². The predicted molar refractivity (Wildman–Crippen MR) is 199 cm³/mol. The second-order valence-electron chi connectivity index (χ2n) is 12.0. The zero-order chi connectivity index (χ0) is 31.6. The van der Waals surface area contributed by atoms with Gasteiger partial charge < -0.3 is 4.42 Å². The van der Waals surface area contributed by atoms with Gasteiger partial charge in [0.1, 0.15) is 11.2 Å². The molecule has 0 aliphatic heterocycles. The van der Waals surface area contributed by atoms with Crippen LogP contribution in [0.4, 0.5) is 0 Å². The molecule has 10 aromatic rings. The fraction of sp³-hybridized carbons (Fsp3) is 0. The van der Waals surface area contributed by atoms with Gasteiger partial charge in [0, 0.05) is 53.2 Å². The van der Waals surface area contributed by atoms with Crippen LogP contribution in [-0.2, 0) is 0 Å². The van der Waals surface area contributed by atoms with E-state index in [0.717, 1.165) is 49.8 Å². The molecule has 0 fully saturated rings. The number of nitrogens with zero attached hydrogens (tertiary/aromatic N) is 3. The Labute approximate surface area is 279 Å². The van der Waals surface area contributed by atoms with Crippen molar-refractivity contribution in [3.8, 4) is 45.3 Å². The molecule has 0 N–H and O–H groups in total. The predicted octanol–water partition coefficient (Wildman–Crippen LogP) is 12.0. The summed E-state index contributed by atoms with van der Waals surface area (Å²) in [4.78, 5) is 15.4. The molecule has 0 radical (unpaired) electrons. The summed E-state index contributed by atoms with van der Waals surface area (Å²) in [6, 6.07) is 52.7. The minimum atomic E-state index is 0.607. The van der Waals surface area contributed by atoms with Crippen LogP contribution in [0.15, 0.2) is 156 Å². The Morgan fingerprint density at radius 2 is 1.08 bits per heavy atom. The van der Waals surface area contributed by atoms with Gasteiger partial charge in [0.15, 0.2) is 17.5 Å². The van der Waals surface area contributed by atoms with Gasteiger partial charge in [0.05, 0.1) is 0 Å². The fourth-order valence-electron chi connectivity index (χ4n) is 6.81. The molecule has 0 spiro atoms. The topological polar surface area (TPSA) is 51.8 Å². The molecule has 5 heteroatoms. The summed E-state index contributed by atoms with van der Waals surface area (Å²) in [6.45, 7) is 0. The summed E-state index contributed by atoms with van der Waals surface area (Å²) < 4.78 is 9.17. The van der Waals surface area contributed by atoms with Crippen LogP contribution >= 0.6 is 11.3 Å². The Balaban J connectivity index is 1.23. The lowest BCUT2D eigenvalue weighted by atomic mass is 9.96. The minimum absolute atomic E-state index is 0.607. The maximum atomic E-state index is 6.65. The van der Waals surface area contributed by atoms with Gasteiger partial charge in [-0.25, -0.2) is 15.0 Å². The van der Waals surface area contributed by atoms with E-state index < -0.39 is 0 Å². The molecule has 0 unspecified atom stereocenters. The molecule has 0 atom stereocenters. The van der Waals surface area contributed by atoms with Gasteiger partial charge in [-0.15, -0.1) is 11.3 Å². The van der Waals surface area contributed by atoms with E-state index >= 15 is 0 Å². The maximum absolute atomic E-state index is 6.65. The van der Waals surface area contributed by atoms with E-state index in [2.05, 4.69) is 109 Å². The van der Waals surface area contributed by atoms with Gasteiger partial charge in [-0.05, 0) is 64.9 Å². The summed E-state index contributed by atoms with van der Waals surface area (Å²) in [5.41, 5.74) is 6.57. The first-order valence-electron chi connectivity index (χ1n) is 15.9. The van der Waals surface area contributed by atoms with Gasteiger partial charge in [-0.2, -0.15) is 0 Å². The first-order valence-corrected chi connectivity index (χ1v) is 16.8. The average molecular weight is 632 g/mol. The van der Waals surface area contributed by atoms with Crippen LogP contribution < -0.4 is 0 Å². The molecule has 0 aliphatic rings. The van der Waals surface area contributed by atoms with Crippen LogP contribution in [0, 0.1) is 0 Å². The Hall–Kier alpha value is -6.17. The highest BCUT2D eigenvalue weighted by Gasteiger charge is 2.21. The van der Waals surface area contributed by atoms with Crippen molar-refractivity contribution in [2.75, 3.05) is 0 Å². The van der Waals surface area contributed by atoms with Gasteiger partial charge in [-0.3, -0.25) is 0 Å². The molecule has 3 aromatic heterocycles. The number of aromatic nitrogens is 3. The normalized spacial score (nSPS) is 11.8. The van der Waals surface area contributed by atoms with Gasteiger partial charge in [0.25, 0.3) is 0 Å². The van der Waals surface area contributed by atoms with Crippen molar-refractivity contribution in [3.05, 3.63) is 152 Å². The first kappa shape index (κ1) is 27.0. The van der Waals surface area contributed by atoms with E-state index in [1.165, 1.54) is 30.9 Å². The number of thiophene rings is 1. The van der Waals surface area contributed by atoms with E-state index in [9.17, 15) is 0 Å². The van der Waals surface area contributed by atoms with Crippen LogP contribution in [0.3, 0.4) is 0 Å². The Morgan fingerprint density at radius 3 is 1.98 bits per heavy atom. The molecule has 0 bridgehead atoms. The molecule has 4 nitrogen and oxygen atoms in total. The van der Waals surface area contributed by atoms with Crippen molar-refractivity contribution in [3.63, 3.8) is 0 Å². The summed E-state index contributed by atoms with van der Waals surface area (Å²) in [6.07, 6.45) is 0. The second-order valence-corrected chi connectivity index (χ2v) is 13.1. The SMILES string of the molecule is c1ccc(-c2nc(-c3ccc4sc5ccccc5c4c3)nc(-c3ccc(-c4ccc5ccccc5c4)c4oc5ccccc5c34)n2)cc1. The number of para-hydroxylation sites is 1. The van der Waals surface area contributed by atoms with Crippen LogP contribution in [0.25, 0.3) is 98.2 Å². The van der Waals surface area contributed by atoms with Crippen LogP contribution in [0.1, 0.15) is 0 Å². The quantitative estimate of drug-likeness (QED) is 0.194. The molecule has 0 saturated carbocycles. The zero-order valence-corrected chi connectivity index (χ0v) is 26.4. The first-order chi connectivity index (χ1) is 23.8. The molecule has 224 valence electrons. The van der Waals surface area contributed by atoms with Crippen molar-refractivity contribution in [2.45, 2.75) is 0 Å². The summed E-state index contributed by atoms with van der Waals surface area (Å²) in [7, 11) is 0. The largest absolute Gasteiger partial charge is 0.455 e. The van der Waals surface area contributed by atoms with Crippen molar-refractivity contribution in [1.82, 2.24) is 15.0 Å². The zero-order valence-electron chi connectivity index (χ0n) is 25.6. The number of hydrogen-bond donors (Lipinski definition) is 0. The van der Waals surface area contributed by atoms with Crippen molar-refractivity contribution < 1.29 is 4.42 Å². The molecular weight excluding hydrogens is 607 g/mol. The van der Waals surface area contributed by atoms with Gasteiger partial charge in [-0.1, -0.05) is 103 Å². The molecule has 7 aromatic carbocycles. The summed E-state index contributed by atoms with van der Waals surface area (Å²) in [5.74, 6) is 1.87. The second kappa shape index (κ2) is 10.7. The smallest absolute Gasteiger partial charge is 0.164 e. The van der Waals surface area contributed by atoms with E-state index in [4.69, 9.17) is 19.4 Å². The van der Waals surface area contributed by atoms with Crippen molar-refractivity contribution >= 4 is 64.2 Å². The lowest BCUT2D eigenvalue weighted by Gasteiger charge is -2.11. The standard InChI is InChI=1S/C43H25N3OS/c1-2-11-27(12-3-1)41-44-42(30-20-23-38-35(25-30)32-14-7-9-17-37(32)48-38)46-43(45-41)34-22-21-31(29-19-18-26-10-4-5-13-28(26)24-29)40-39(34)33-15-6-8-16-36(33)47-40/h1-25H. The highest BCUT2D eigenvalue weighted by Crippen LogP contribution is 2.42. The Kier molecular flexibility index (Phi) is 6.01. The summed E-state index contributed by atoms with van der Waals surface area (Å²) >= 11 is 1.81. The highest BCUT2D eigenvalue weighted by atomic mass is 32.1. The third-order valence-corrected chi connectivity index (χ3v) is 10.3. The number of furan rings is 1. The number of benzene rings is 7. The lowest BCUT2D eigenvalue weighted by molar-refractivity contribution is 0.670. The molecule has 0 amide bonds. The average Bonchev–Trinajstić information content (AvgIpc) is 3.73. The third-order valence-electron chi connectivity index (χ3n) is 9.13. The van der Waals surface area contributed by atoms with E-state index in [-0.39, 0.29) is 0 Å². The van der Waals surface area contributed by atoms with E-state index in [0.29, 0.717) is 17.5 Å². The number of hydrogen-bond acceptors (Lipinski definition) is 5. The minimum Gasteiger partial charge on any atom is -0.455 e. The highest BCUT2D eigenvalue weighted by molar-refractivity contribution is 7.25. The number of fused-ring (bicyclic) bond motifs is 7. The van der Waals surface area contributed by atoms with Gasteiger partial charge >= 0.3 is 0 Å². The Bertz CT molecular complexity index is 2850. The number of rotatable bonds is 4. The lowest BCUT2D eigenvalue weighted by Crippen LogP contribution is -2.00. The third kappa shape index (κ3) is 4.33. The van der Waals surface area contributed by atoms with E-state index in [1.807, 2.05) is 42.5 Å². The van der Waals surface area contributed by atoms with Gasteiger partial charge in [0.2, 0.25) is 0 Å². The van der Waals surface area contributed by atoms with E-state index in [1.54, 1.807) is 11.3 Å². The van der Waals surface area contributed by atoms with Crippen molar-refractivity contribution in [1.29, 1.82) is 0 Å². The van der Waals surface area contributed by atoms with Crippen LogP contribution in [-0.4, -0.2) is 15.0 Å². The molecule has 0 aliphatic carbocycles. The van der Waals surface area contributed by atoms with Crippen LogP contribution in [0.5, 0.6) is 0 Å². The molecule has 3 heterocycles. The monoisotopic (exact) mass is 631 g/mol. The fourth-order valence-corrected chi connectivity index (χ4v) is 7.89. The summed E-state index contributed by atoms with van der Waals surface area (Å²) in [5, 5.41) is 6.87.